The van der Waals surface area contributed by atoms with Gasteiger partial charge in [0.1, 0.15) is 5.75 Å². The fourth-order valence-corrected chi connectivity index (χ4v) is 5.80. The van der Waals surface area contributed by atoms with Gasteiger partial charge < -0.3 is 5.11 Å². The van der Waals surface area contributed by atoms with Gasteiger partial charge in [-0.2, -0.15) is 16.9 Å². The van der Waals surface area contributed by atoms with Gasteiger partial charge in [0.2, 0.25) is 0 Å². The van der Waals surface area contributed by atoms with Crippen LogP contribution in [0.25, 0.3) is 33.6 Å². The summed E-state index contributed by atoms with van der Waals surface area (Å²) in [6, 6.07) is 22.8. The lowest BCUT2D eigenvalue weighted by atomic mass is 10.0. The molecule has 2 aliphatic rings. The molecule has 1 saturated heterocycles. The molecule has 5 heteroatoms. The molecule has 0 bridgehead atoms. The van der Waals surface area contributed by atoms with Gasteiger partial charge in [-0.15, -0.1) is 0 Å². The second-order valence-corrected chi connectivity index (χ2v) is 9.83. The minimum atomic E-state index is 0.287. The molecule has 0 radical (unpaired) electrons. The number of rotatable bonds is 4. The average Bonchev–Trinajstić information content (AvgIpc) is 3.39. The molecule has 4 aromatic rings. The Morgan fingerprint density at radius 3 is 2.31 bits per heavy atom. The maximum absolute atomic E-state index is 9.52. The van der Waals surface area contributed by atoms with Crippen LogP contribution < -0.4 is 0 Å². The van der Waals surface area contributed by atoms with E-state index in [4.69, 9.17) is 0 Å². The zero-order valence-electron chi connectivity index (χ0n) is 17.8. The average molecular weight is 440 g/mol. The Labute approximate surface area is 192 Å². The lowest BCUT2D eigenvalue weighted by Crippen LogP contribution is -2.31. The van der Waals surface area contributed by atoms with Crippen molar-refractivity contribution in [3.8, 4) is 39.4 Å². The highest BCUT2D eigenvalue weighted by molar-refractivity contribution is 7.99. The van der Waals surface area contributed by atoms with Crippen LogP contribution >= 0.6 is 11.8 Å². The maximum atomic E-state index is 9.52. The van der Waals surface area contributed by atoms with Crippen molar-refractivity contribution in [1.29, 1.82) is 0 Å². The monoisotopic (exact) mass is 439 g/mol. The molecular weight excluding hydrogens is 414 g/mol. The number of H-pyrrole nitrogens is 1. The lowest BCUT2D eigenvalue weighted by Gasteiger charge is -2.26. The Hall–Kier alpha value is -3.02. The lowest BCUT2D eigenvalue weighted by molar-refractivity contribution is 0.294. The third-order valence-electron chi connectivity index (χ3n) is 6.54. The van der Waals surface area contributed by atoms with Crippen LogP contribution in [0.4, 0.5) is 0 Å². The molecule has 0 atom stereocenters. The van der Waals surface area contributed by atoms with Gasteiger partial charge in [-0.1, -0.05) is 54.6 Å². The standard InChI is InChI=1S/C27H25N3OS/c31-23-8-6-20(7-9-23)19-2-4-21(5-3-19)26-25-16-22-15-18(17-30-11-13-32-14-12-30)1-10-24(22)27(25)29-28-26/h1-10,15,31H,11-14,16-17H2,(H,28,29). The summed E-state index contributed by atoms with van der Waals surface area (Å²) in [7, 11) is 0. The third-order valence-corrected chi connectivity index (χ3v) is 7.48. The molecule has 0 unspecified atom stereocenters. The Morgan fingerprint density at radius 2 is 1.56 bits per heavy atom. The second kappa shape index (κ2) is 8.15. The first-order valence-corrected chi connectivity index (χ1v) is 12.3. The minimum absolute atomic E-state index is 0.287. The first kappa shape index (κ1) is 19.6. The molecule has 1 aliphatic carbocycles. The molecule has 1 fully saturated rings. The highest BCUT2D eigenvalue weighted by Crippen LogP contribution is 2.40. The van der Waals surface area contributed by atoms with E-state index in [2.05, 4.69) is 69.3 Å². The van der Waals surface area contributed by atoms with Crippen LogP contribution in [0.2, 0.25) is 0 Å². The summed E-state index contributed by atoms with van der Waals surface area (Å²) in [5.74, 6) is 2.78. The summed E-state index contributed by atoms with van der Waals surface area (Å²) in [6.07, 6.45) is 0.930. The van der Waals surface area contributed by atoms with Gasteiger partial charge in [0.15, 0.2) is 0 Å². The summed E-state index contributed by atoms with van der Waals surface area (Å²) in [4.78, 5) is 2.56. The highest BCUT2D eigenvalue weighted by atomic mass is 32.2. The molecular formula is C27H25N3OS. The van der Waals surface area contributed by atoms with E-state index >= 15 is 0 Å². The Bertz CT molecular complexity index is 1260. The van der Waals surface area contributed by atoms with Crippen LogP contribution in [0, 0.1) is 0 Å². The molecule has 32 heavy (non-hydrogen) atoms. The maximum Gasteiger partial charge on any atom is 0.115 e. The molecule has 0 spiro atoms. The smallest absolute Gasteiger partial charge is 0.115 e. The van der Waals surface area contributed by atoms with Crippen molar-refractivity contribution in [3.63, 3.8) is 0 Å². The van der Waals surface area contributed by atoms with Gasteiger partial charge >= 0.3 is 0 Å². The second-order valence-electron chi connectivity index (χ2n) is 8.61. The molecule has 6 rings (SSSR count). The molecule has 160 valence electrons. The quantitative estimate of drug-likeness (QED) is 0.384. The summed E-state index contributed by atoms with van der Waals surface area (Å²) < 4.78 is 0. The van der Waals surface area contributed by atoms with Crippen LogP contribution in [-0.4, -0.2) is 44.8 Å². The van der Waals surface area contributed by atoms with Crippen LogP contribution in [0.1, 0.15) is 16.7 Å². The Kier molecular flexibility index (Phi) is 5.01. The van der Waals surface area contributed by atoms with Gasteiger partial charge in [-0.05, 0) is 34.4 Å². The normalized spacial score (nSPS) is 15.5. The first-order chi connectivity index (χ1) is 15.7. The predicted molar refractivity (Wildman–Crippen MR) is 132 cm³/mol. The zero-order chi connectivity index (χ0) is 21.5. The number of benzene rings is 3. The number of hydrogen-bond donors (Lipinski definition) is 2. The minimum Gasteiger partial charge on any atom is -0.508 e. The number of aromatic nitrogens is 2. The number of phenolic OH excluding ortho intramolecular Hbond substituents is 1. The van der Waals surface area contributed by atoms with E-state index < -0.39 is 0 Å². The van der Waals surface area contributed by atoms with Gasteiger partial charge in [0.25, 0.3) is 0 Å². The van der Waals surface area contributed by atoms with Crippen molar-refractivity contribution < 1.29 is 5.11 Å². The van der Waals surface area contributed by atoms with Crippen LogP contribution in [0.5, 0.6) is 5.75 Å². The molecule has 0 amide bonds. The van der Waals surface area contributed by atoms with Crippen molar-refractivity contribution in [2.45, 2.75) is 13.0 Å². The predicted octanol–water partition coefficient (Wildman–Crippen LogP) is 5.57. The number of nitrogens with zero attached hydrogens (tertiary/aromatic N) is 2. The fourth-order valence-electron chi connectivity index (χ4n) is 4.82. The zero-order valence-corrected chi connectivity index (χ0v) is 18.7. The van der Waals surface area contributed by atoms with Gasteiger partial charge in [-0.25, -0.2) is 0 Å². The Morgan fingerprint density at radius 1 is 0.875 bits per heavy atom. The topological polar surface area (TPSA) is 52.2 Å². The molecule has 2 N–H and O–H groups in total. The number of aromatic hydroxyl groups is 1. The molecule has 3 aromatic carbocycles. The first-order valence-electron chi connectivity index (χ1n) is 11.1. The van der Waals surface area contributed by atoms with Crippen molar-refractivity contribution in [2.24, 2.45) is 0 Å². The van der Waals surface area contributed by atoms with Crippen LogP contribution in [-0.2, 0) is 13.0 Å². The van der Waals surface area contributed by atoms with Crippen molar-refractivity contribution in [3.05, 3.63) is 83.4 Å². The number of nitrogens with one attached hydrogen (secondary N) is 1. The number of aromatic amines is 1. The molecule has 1 aromatic heterocycles. The summed E-state index contributed by atoms with van der Waals surface area (Å²) in [5.41, 5.74) is 11.0. The van der Waals surface area contributed by atoms with E-state index in [1.54, 1.807) is 12.1 Å². The van der Waals surface area contributed by atoms with Gasteiger partial charge in [-0.3, -0.25) is 10.00 Å². The van der Waals surface area contributed by atoms with Crippen molar-refractivity contribution in [1.82, 2.24) is 15.1 Å². The van der Waals surface area contributed by atoms with Gasteiger partial charge in [0.05, 0.1) is 11.4 Å². The van der Waals surface area contributed by atoms with E-state index in [9.17, 15) is 5.11 Å². The number of fused-ring (bicyclic) bond motifs is 3. The van der Waals surface area contributed by atoms with E-state index in [0.717, 1.165) is 35.3 Å². The molecule has 4 nitrogen and oxygen atoms in total. The van der Waals surface area contributed by atoms with Crippen molar-refractivity contribution in [2.75, 3.05) is 24.6 Å². The molecule has 2 heterocycles. The van der Waals surface area contributed by atoms with Crippen molar-refractivity contribution >= 4 is 11.8 Å². The summed E-state index contributed by atoms with van der Waals surface area (Å²) >= 11 is 2.06. The van der Waals surface area contributed by atoms with Crippen LogP contribution in [0.15, 0.2) is 66.7 Å². The number of thioether (sulfide) groups is 1. The summed E-state index contributed by atoms with van der Waals surface area (Å²) in [6.45, 7) is 3.43. The fraction of sp³-hybridized carbons (Fsp3) is 0.222. The van der Waals surface area contributed by atoms with E-state index in [1.165, 1.54) is 52.5 Å². The molecule has 1 aliphatic heterocycles. The molecule has 0 saturated carbocycles. The van der Waals surface area contributed by atoms with E-state index in [-0.39, 0.29) is 5.75 Å². The Balaban J connectivity index is 1.24. The van der Waals surface area contributed by atoms with E-state index in [0.29, 0.717) is 0 Å². The summed E-state index contributed by atoms with van der Waals surface area (Å²) in [5, 5.41) is 17.5. The van der Waals surface area contributed by atoms with Gasteiger partial charge in [0, 0.05) is 54.3 Å². The highest BCUT2D eigenvalue weighted by Gasteiger charge is 2.25. The third kappa shape index (κ3) is 3.61. The number of phenols is 1. The van der Waals surface area contributed by atoms with E-state index in [1.807, 2.05) is 12.1 Å². The number of hydrogen-bond acceptors (Lipinski definition) is 4. The SMILES string of the molecule is Oc1ccc(-c2ccc(-c3n[nH]c4c3Cc3cc(CN5CCSCC5)ccc3-4)cc2)cc1. The largest absolute Gasteiger partial charge is 0.508 e. The van der Waals surface area contributed by atoms with Crippen LogP contribution in [0.3, 0.4) is 0 Å².